The number of carbonyl (C=O) groups excluding carboxylic acids is 1. The molecule has 1 amide bonds. The molecule has 5 nitrogen and oxygen atoms in total. The average Bonchev–Trinajstić information content (AvgIpc) is 2.55. The van der Waals surface area contributed by atoms with Crippen LogP contribution in [0.25, 0.3) is 0 Å². The summed E-state index contributed by atoms with van der Waals surface area (Å²) < 4.78 is 0. The molecule has 1 heterocycles. The first-order chi connectivity index (χ1) is 10.5. The highest BCUT2D eigenvalue weighted by Gasteiger charge is 2.29. The van der Waals surface area contributed by atoms with E-state index < -0.39 is 5.97 Å². The molecule has 2 atom stereocenters. The SMILES string of the molecule is CC(NC(=O)C(C)N1CCC(C(=O)O)CC1)c1ccccc1.Cl. The van der Waals surface area contributed by atoms with E-state index in [1.54, 1.807) is 0 Å². The van der Waals surface area contributed by atoms with Gasteiger partial charge in [0.2, 0.25) is 5.91 Å². The van der Waals surface area contributed by atoms with Crippen molar-refractivity contribution in [1.82, 2.24) is 10.2 Å². The van der Waals surface area contributed by atoms with E-state index >= 15 is 0 Å². The molecule has 1 aliphatic heterocycles. The van der Waals surface area contributed by atoms with Gasteiger partial charge in [0, 0.05) is 0 Å². The number of likely N-dealkylation sites (tertiary alicyclic amines) is 1. The summed E-state index contributed by atoms with van der Waals surface area (Å²) in [7, 11) is 0. The number of carbonyl (C=O) groups is 2. The zero-order valence-electron chi connectivity index (χ0n) is 13.6. The standard InChI is InChI=1S/C17H24N2O3.ClH/c1-12(14-6-4-3-5-7-14)18-16(20)13(2)19-10-8-15(9-11-19)17(21)22;/h3-7,12-13,15H,8-11H2,1-2H3,(H,18,20)(H,21,22);1H. The Morgan fingerprint density at radius 3 is 2.26 bits per heavy atom. The lowest BCUT2D eigenvalue weighted by atomic mass is 9.96. The van der Waals surface area contributed by atoms with Gasteiger partial charge in [0.25, 0.3) is 0 Å². The number of amides is 1. The highest BCUT2D eigenvalue weighted by atomic mass is 35.5. The predicted octanol–water partition coefficient (Wildman–Crippen LogP) is 2.47. The van der Waals surface area contributed by atoms with Crippen molar-refractivity contribution in [3.8, 4) is 0 Å². The minimum atomic E-state index is -0.727. The van der Waals surface area contributed by atoms with Crippen molar-refractivity contribution < 1.29 is 14.7 Å². The van der Waals surface area contributed by atoms with Crippen molar-refractivity contribution in [2.75, 3.05) is 13.1 Å². The maximum absolute atomic E-state index is 12.4. The van der Waals surface area contributed by atoms with Crippen LogP contribution < -0.4 is 5.32 Å². The maximum Gasteiger partial charge on any atom is 0.306 e. The third kappa shape index (κ3) is 5.22. The highest BCUT2D eigenvalue weighted by Crippen LogP contribution is 2.20. The Morgan fingerprint density at radius 1 is 1.17 bits per heavy atom. The molecule has 1 aliphatic rings. The van der Waals surface area contributed by atoms with Gasteiger partial charge >= 0.3 is 5.97 Å². The summed E-state index contributed by atoms with van der Waals surface area (Å²) in [4.78, 5) is 25.4. The second-order valence-corrected chi connectivity index (χ2v) is 5.97. The number of hydrogen-bond donors (Lipinski definition) is 2. The Kier molecular flexibility index (Phi) is 7.52. The molecule has 1 aromatic rings. The van der Waals surface area contributed by atoms with Gasteiger partial charge in [-0.2, -0.15) is 0 Å². The van der Waals surface area contributed by atoms with Crippen molar-refractivity contribution in [3.05, 3.63) is 35.9 Å². The van der Waals surface area contributed by atoms with Crippen molar-refractivity contribution in [2.45, 2.75) is 38.8 Å². The van der Waals surface area contributed by atoms with E-state index in [9.17, 15) is 9.59 Å². The van der Waals surface area contributed by atoms with Crippen LogP contribution >= 0.6 is 12.4 Å². The lowest BCUT2D eigenvalue weighted by Crippen LogP contribution is -2.49. The Bertz CT molecular complexity index is 516. The molecule has 0 saturated carbocycles. The Labute approximate surface area is 143 Å². The number of nitrogens with zero attached hydrogens (tertiary/aromatic N) is 1. The van der Waals surface area contributed by atoms with Gasteiger partial charge in [0.1, 0.15) is 0 Å². The van der Waals surface area contributed by atoms with Gasteiger partial charge in [-0.25, -0.2) is 0 Å². The number of piperidine rings is 1. The summed E-state index contributed by atoms with van der Waals surface area (Å²) in [5.74, 6) is -1.01. The van der Waals surface area contributed by atoms with Crippen molar-refractivity contribution in [1.29, 1.82) is 0 Å². The quantitative estimate of drug-likeness (QED) is 0.864. The molecule has 2 N–H and O–H groups in total. The fourth-order valence-corrected chi connectivity index (χ4v) is 2.86. The number of aliphatic carboxylic acids is 1. The van der Waals surface area contributed by atoms with Crippen LogP contribution in [0.2, 0.25) is 0 Å². The van der Waals surface area contributed by atoms with Gasteiger partial charge < -0.3 is 10.4 Å². The lowest BCUT2D eigenvalue weighted by Gasteiger charge is -2.34. The molecule has 128 valence electrons. The molecule has 23 heavy (non-hydrogen) atoms. The third-order valence-corrected chi connectivity index (χ3v) is 4.46. The fraction of sp³-hybridized carbons (Fsp3) is 0.529. The minimum Gasteiger partial charge on any atom is -0.481 e. The normalized spacial score (nSPS) is 18.5. The van der Waals surface area contributed by atoms with E-state index in [1.807, 2.05) is 44.2 Å². The molecule has 0 aliphatic carbocycles. The monoisotopic (exact) mass is 340 g/mol. The topological polar surface area (TPSA) is 69.6 Å². The molecule has 0 spiro atoms. The highest BCUT2D eigenvalue weighted by molar-refractivity contribution is 5.85. The van der Waals surface area contributed by atoms with E-state index in [4.69, 9.17) is 5.11 Å². The van der Waals surface area contributed by atoms with E-state index in [-0.39, 0.29) is 36.3 Å². The number of hydrogen-bond acceptors (Lipinski definition) is 3. The second kappa shape index (κ2) is 8.89. The van der Waals surface area contributed by atoms with Gasteiger partial charge in [-0.1, -0.05) is 30.3 Å². The summed E-state index contributed by atoms with van der Waals surface area (Å²) in [6, 6.07) is 9.58. The molecule has 1 fully saturated rings. The smallest absolute Gasteiger partial charge is 0.306 e. The Morgan fingerprint density at radius 2 is 1.74 bits per heavy atom. The number of benzene rings is 1. The van der Waals surface area contributed by atoms with Crippen LogP contribution in [-0.2, 0) is 9.59 Å². The number of carboxylic acid groups (broad SMARTS) is 1. The molecule has 0 bridgehead atoms. The number of nitrogens with one attached hydrogen (secondary N) is 1. The molecular weight excluding hydrogens is 316 g/mol. The van der Waals surface area contributed by atoms with Gasteiger partial charge in [-0.3, -0.25) is 14.5 Å². The van der Waals surface area contributed by atoms with Crippen LogP contribution in [0, 0.1) is 5.92 Å². The molecule has 2 rings (SSSR count). The summed E-state index contributed by atoms with van der Waals surface area (Å²) in [6.45, 7) is 5.17. The molecule has 1 aromatic carbocycles. The maximum atomic E-state index is 12.4. The van der Waals surface area contributed by atoms with Crippen molar-refractivity contribution in [3.63, 3.8) is 0 Å². The molecular formula is C17H25ClN2O3. The van der Waals surface area contributed by atoms with Crippen LogP contribution in [0.3, 0.4) is 0 Å². The summed E-state index contributed by atoms with van der Waals surface area (Å²) in [5, 5.41) is 12.0. The van der Waals surface area contributed by atoms with Gasteiger partial charge in [-0.05, 0) is 45.3 Å². The van der Waals surface area contributed by atoms with E-state index in [1.165, 1.54) is 0 Å². The first-order valence-electron chi connectivity index (χ1n) is 7.81. The van der Waals surface area contributed by atoms with Crippen LogP contribution in [0.5, 0.6) is 0 Å². The fourth-order valence-electron chi connectivity index (χ4n) is 2.86. The van der Waals surface area contributed by atoms with E-state index in [0.29, 0.717) is 25.9 Å². The van der Waals surface area contributed by atoms with Gasteiger partial charge in [0.05, 0.1) is 18.0 Å². The van der Waals surface area contributed by atoms with Crippen molar-refractivity contribution in [2.24, 2.45) is 5.92 Å². The third-order valence-electron chi connectivity index (χ3n) is 4.46. The lowest BCUT2D eigenvalue weighted by molar-refractivity contribution is -0.143. The van der Waals surface area contributed by atoms with Crippen LogP contribution in [0.4, 0.5) is 0 Å². The van der Waals surface area contributed by atoms with Crippen molar-refractivity contribution >= 4 is 24.3 Å². The van der Waals surface area contributed by atoms with Gasteiger partial charge in [0.15, 0.2) is 0 Å². The zero-order chi connectivity index (χ0) is 16.1. The first kappa shape index (κ1) is 19.5. The largest absolute Gasteiger partial charge is 0.481 e. The molecule has 0 aromatic heterocycles. The number of rotatable bonds is 5. The summed E-state index contributed by atoms with van der Waals surface area (Å²) in [6.07, 6.45) is 1.22. The molecule has 0 radical (unpaired) electrons. The molecule has 1 saturated heterocycles. The second-order valence-electron chi connectivity index (χ2n) is 5.97. The number of halogens is 1. The average molecular weight is 341 g/mol. The predicted molar refractivity (Wildman–Crippen MR) is 91.6 cm³/mol. The minimum absolute atomic E-state index is 0. The Hall–Kier alpha value is -1.59. The van der Waals surface area contributed by atoms with Crippen LogP contribution in [0.1, 0.15) is 38.3 Å². The molecule has 2 unspecified atom stereocenters. The summed E-state index contributed by atoms with van der Waals surface area (Å²) in [5.41, 5.74) is 1.08. The summed E-state index contributed by atoms with van der Waals surface area (Å²) >= 11 is 0. The van der Waals surface area contributed by atoms with Crippen LogP contribution in [-0.4, -0.2) is 41.0 Å². The van der Waals surface area contributed by atoms with E-state index in [2.05, 4.69) is 10.2 Å². The first-order valence-corrected chi connectivity index (χ1v) is 7.81. The van der Waals surface area contributed by atoms with E-state index in [0.717, 1.165) is 5.56 Å². The van der Waals surface area contributed by atoms with Gasteiger partial charge in [-0.15, -0.1) is 12.4 Å². The number of carboxylic acids is 1. The Balaban J connectivity index is 0.00000264. The molecule has 6 heteroatoms. The zero-order valence-corrected chi connectivity index (χ0v) is 14.4. The van der Waals surface area contributed by atoms with Crippen LogP contribution in [0.15, 0.2) is 30.3 Å².